The van der Waals surface area contributed by atoms with Crippen LogP contribution in [0.2, 0.25) is 0 Å². The molecule has 1 aliphatic carbocycles. The molecule has 18 heavy (non-hydrogen) atoms. The third kappa shape index (κ3) is 2.40. The van der Waals surface area contributed by atoms with Gasteiger partial charge in [0.1, 0.15) is 11.6 Å². The largest absolute Gasteiger partial charge is 0.315 e. The summed E-state index contributed by atoms with van der Waals surface area (Å²) in [5.41, 5.74) is 0.219. The Hall–Kier alpha value is -1.00. The van der Waals surface area contributed by atoms with E-state index in [0.717, 1.165) is 32.4 Å². The Morgan fingerprint density at radius 3 is 2.39 bits per heavy atom. The second-order valence-electron chi connectivity index (χ2n) is 5.25. The maximum absolute atomic E-state index is 13.7. The van der Waals surface area contributed by atoms with Crippen LogP contribution in [0.3, 0.4) is 0 Å². The molecule has 2 aliphatic rings. The van der Waals surface area contributed by atoms with Gasteiger partial charge in [-0.3, -0.25) is 4.90 Å². The molecule has 1 heterocycles. The molecule has 1 aliphatic heterocycles. The van der Waals surface area contributed by atoms with Crippen molar-refractivity contribution in [2.45, 2.75) is 37.9 Å². The van der Waals surface area contributed by atoms with Gasteiger partial charge in [0.15, 0.2) is 0 Å². The number of halogens is 2. The van der Waals surface area contributed by atoms with Crippen molar-refractivity contribution in [3.05, 3.63) is 35.4 Å². The van der Waals surface area contributed by atoms with Crippen molar-refractivity contribution in [1.82, 2.24) is 10.2 Å². The van der Waals surface area contributed by atoms with Crippen LogP contribution in [-0.4, -0.2) is 30.1 Å². The molecular formula is C14H18F2N2. The predicted molar refractivity (Wildman–Crippen MR) is 66.2 cm³/mol. The molecule has 1 atom stereocenters. The molecule has 1 saturated carbocycles. The molecule has 1 saturated heterocycles. The van der Waals surface area contributed by atoms with Crippen LogP contribution in [0.15, 0.2) is 18.2 Å². The number of nitrogens with one attached hydrogen (secondary N) is 1. The van der Waals surface area contributed by atoms with E-state index < -0.39 is 11.6 Å². The van der Waals surface area contributed by atoms with Crippen LogP contribution in [0.25, 0.3) is 0 Å². The van der Waals surface area contributed by atoms with Gasteiger partial charge in [-0.1, -0.05) is 6.07 Å². The van der Waals surface area contributed by atoms with Gasteiger partial charge in [0.25, 0.3) is 0 Å². The van der Waals surface area contributed by atoms with Crippen LogP contribution in [0.1, 0.15) is 24.8 Å². The molecule has 1 N–H and O–H groups in total. The van der Waals surface area contributed by atoms with Crippen LogP contribution in [0.5, 0.6) is 0 Å². The van der Waals surface area contributed by atoms with Gasteiger partial charge < -0.3 is 5.32 Å². The first-order valence-corrected chi connectivity index (χ1v) is 6.65. The molecule has 2 fully saturated rings. The number of benzene rings is 1. The lowest BCUT2D eigenvalue weighted by Gasteiger charge is -2.28. The Morgan fingerprint density at radius 1 is 1.11 bits per heavy atom. The normalized spacial score (nSPS) is 23.8. The van der Waals surface area contributed by atoms with Gasteiger partial charge >= 0.3 is 0 Å². The second kappa shape index (κ2) is 4.94. The summed E-state index contributed by atoms with van der Waals surface area (Å²) in [4.78, 5) is 2.28. The molecule has 0 amide bonds. The van der Waals surface area contributed by atoms with Crippen molar-refractivity contribution in [3.8, 4) is 0 Å². The van der Waals surface area contributed by atoms with Crippen molar-refractivity contribution in [2.75, 3.05) is 13.1 Å². The SMILES string of the molecule is Fc1cccc(F)c1CN(C1CC1)C1CCNC1. The van der Waals surface area contributed by atoms with Crippen molar-refractivity contribution < 1.29 is 8.78 Å². The van der Waals surface area contributed by atoms with Gasteiger partial charge in [0, 0.05) is 30.7 Å². The highest BCUT2D eigenvalue weighted by atomic mass is 19.1. The minimum absolute atomic E-state index is 0.219. The predicted octanol–water partition coefficient (Wildman–Crippen LogP) is 2.29. The Morgan fingerprint density at radius 2 is 1.83 bits per heavy atom. The van der Waals surface area contributed by atoms with Crippen molar-refractivity contribution in [2.24, 2.45) is 0 Å². The third-order valence-corrected chi connectivity index (χ3v) is 3.92. The molecular weight excluding hydrogens is 234 g/mol. The first-order chi connectivity index (χ1) is 8.75. The zero-order valence-electron chi connectivity index (χ0n) is 10.3. The lowest BCUT2D eigenvalue weighted by Crippen LogP contribution is -2.38. The molecule has 1 aromatic rings. The molecule has 0 spiro atoms. The van der Waals surface area contributed by atoms with E-state index >= 15 is 0 Å². The van der Waals surface area contributed by atoms with Gasteiger partial charge in [-0.25, -0.2) is 8.78 Å². The molecule has 0 bridgehead atoms. The molecule has 4 heteroatoms. The van der Waals surface area contributed by atoms with Gasteiger partial charge in [0.2, 0.25) is 0 Å². The van der Waals surface area contributed by atoms with E-state index in [-0.39, 0.29) is 5.56 Å². The van der Waals surface area contributed by atoms with E-state index in [9.17, 15) is 8.78 Å². The second-order valence-corrected chi connectivity index (χ2v) is 5.25. The molecule has 1 aromatic carbocycles. The summed E-state index contributed by atoms with van der Waals surface area (Å²) in [6.45, 7) is 2.34. The van der Waals surface area contributed by atoms with Crippen molar-refractivity contribution >= 4 is 0 Å². The smallest absolute Gasteiger partial charge is 0.130 e. The fourth-order valence-electron chi connectivity index (χ4n) is 2.75. The molecule has 1 unspecified atom stereocenters. The van der Waals surface area contributed by atoms with E-state index in [1.54, 1.807) is 0 Å². The Bertz CT molecular complexity index is 406. The highest BCUT2D eigenvalue weighted by molar-refractivity contribution is 5.20. The van der Waals surface area contributed by atoms with E-state index in [1.807, 2.05) is 0 Å². The Kier molecular flexibility index (Phi) is 3.31. The van der Waals surface area contributed by atoms with Gasteiger partial charge in [0.05, 0.1) is 0 Å². The average molecular weight is 252 g/mol. The van der Waals surface area contributed by atoms with Gasteiger partial charge in [-0.05, 0) is 37.9 Å². The molecule has 0 aromatic heterocycles. The standard InChI is InChI=1S/C14H18F2N2/c15-13-2-1-3-14(16)12(13)9-18(10-4-5-10)11-6-7-17-8-11/h1-3,10-11,17H,4-9H2. The highest BCUT2D eigenvalue weighted by Crippen LogP contribution is 2.32. The van der Waals surface area contributed by atoms with Crippen molar-refractivity contribution in [1.29, 1.82) is 0 Å². The lowest BCUT2D eigenvalue weighted by molar-refractivity contribution is 0.184. The Labute approximate surface area is 106 Å². The van der Waals surface area contributed by atoms with Crippen LogP contribution in [0, 0.1) is 11.6 Å². The lowest BCUT2D eigenvalue weighted by atomic mass is 10.1. The van der Waals surface area contributed by atoms with Crippen LogP contribution < -0.4 is 5.32 Å². The first kappa shape index (κ1) is 12.1. The summed E-state index contributed by atoms with van der Waals surface area (Å²) < 4.78 is 27.4. The minimum atomic E-state index is -0.424. The number of nitrogens with zero attached hydrogens (tertiary/aromatic N) is 1. The number of hydrogen-bond acceptors (Lipinski definition) is 2. The van der Waals surface area contributed by atoms with Crippen LogP contribution >= 0.6 is 0 Å². The number of rotatable bonds is 4. The fourth-order valence-corrected chi connectivity index (χ4v) is 2.75. The topological polar surface area (TPSA) is 15.3 Å². The zero-order chi connectivity index (χ0) is 12.5. The molecule has 2 nitrogen and oxygen atoms in total. The molecule has 0 radical (unpaired) electrons. The summed E-state index contributed by atoms with van der Waals surface area (Å²) in [7, 11) is 0. The monoisotopic (exact) mass is 252 g/mol. The summed E-state index contributed by atoms with van der Waals surface area (Å²) in [6.07, 6.45) is 3.39. The van der Waals surface area contributed by atoms with Crippen molar-refractivity contribution in [3.63, 3.8) is 0 Å². The van der Waals surface area contributed by atoms with E-state index in [1.165, 1.54) is 18.2 Å². The van der Waals surface area contributed by atoms with Crippen LogP contribution in [-0.2, 0) is 6.54 Å². The van der Waals surface area contributed by atoms with E-state index in [2.05, 4.69) is 10.2 Å². The zero-order valence-corrected chi connectivity index (χ0v) is 10.3. The average Bonchev–Trinajstić information content (AvgIpc) is 3.04. The molecule has 3 rings (SSSR count). The first-order valence-electron chi connectivity index (χ1n) is 6.65. The van der Waals surface area contributed by atoms with Gasteiger partial charge in [-0.2, -0.15) is 0 Å². The van der Waals surface area contributed by atoms with E-state index in [4.69, 9.17) is 0 Å². The van der Waals surface area contributed by atoms with E-state index in [0.29, 0.717) is 18.6 Å². The summed E-state index contributed by atoms with van der Waals surface area (Å²) in [5, 5.41) is 3.32. The number of hydrogen-bond donors (Lipinski definition) is 1. The Balaban J connectivity index is 1.79. The highest BCUT2D eigenvalue weighted by Gasteiger charge is 2.35. The maximum atomic E-state index is 13.7. The molecule has 98 valence electrons. The summed E-state index contributed by atoms with van der Waals surface area (Å²) in [6, 6.07) is 5.06. The quantitative estimate of drug-likeness (QED) is 0.884. The van der Waals surface area contributed by atoms with Gasteiger partial charge in [-0.15, -0.1) is 0 Å². The summed E-state index contributed by atoms with van der Waals surface area (Å²) in [5.74, 6) is -0.849. The summed E-state index contributed by atoms with van der Waals surface area (Å²) >= 11 is 0. The third-order valence-electron chi connectivity index (χ3n) is 3.92. The maximum Gasteiger partial charge on any atom is 0.130 e. The van der Waals surface area contributed by atoms with Crippen LogP contribution in [0.4, 0.5) is 8.78 Å². The minimum Gasteiger partial charge on any atom is -0.315 e. The fraction of sp³-hybridized carbons (Fsp3) is 0.571.